The summed E-state index contributed by atoms with van der Waals surface area (Å²) in [5.74, 6) is -3.02. The third-order valence-corrected chi connectivity index (χ3v) is 5.06. The smallest absolute Gasteiger partial charge is 0.329 e. The molecule has 0 saturated heterocycles. The van der Waals surface area contributed by atoms with Crippen LogP contribution in [0.4, 0.5) is 10.1 Å². The quantitative estimate of drug-likeness (QED) is 0.334. The van der Waals surface area contributed by atoms with Crippen molar-refractivity contribution >= 4 is 35.1 Å². The summed E-state index contributed by atoms with van der Waals surface area (Å²) >= 11 is 5.75. The Bertz CT molecular complexity index is 1060. The van der Waals surface area contributed by atoms with Gasteiger partial charge in [-0.3, -0.25) is 19.7 Å². The number of nitrogens with one attached hydrogen (secondary N) is 1. The highest BCUT2D eigenvalue weighted by molar-refractivity contribution is 6.32. The molecule has 2 amide bonds. The van der Waals surface area contributed by atoms with Crippen LogP contribution < -0.4 is 5.32 Å². The highest BCUT2D eigenvalue weighted by atomic mass is 35.5. The van der Waals surface area contributed by atoms with Crippen molar-refractivity contribution < 1.29 is 28.4 Å². The molecule has 0 fully saturated rings. The summed E-state index contributed by atoms with van der Waals surface area (Å²) < 4.78 is 18.8. The molecule has 0 aromatic heterocycles. The molecule has 11 heteroatoms. The van der Waals surface area contributed by atoms with E-state index in [-0.39, 0.29) is 17.1 Å². The Labute approximate surface area is 194 Å². The van der Waals surface area contributed by atoms with E-state index in [0.717, 1.165) is 6.07 Å². The van der Waals surface area contributed by atoms with Gasteiger partial charge in [0, 0.05) is 30.8 Å². The molecule has 9 nitrogen and oxygen atoms in total. The van der Waals surface area contributed by atoms with Gasteiger partial charge in [0.15, 0.2) is 6.61 Å². The first-order valence-electron chi connectivity index (χ1n) is 9.90. The Morgan fingerprint density at radius 1 is 1.21 bits per heavy atom. The minimum absolute atomic E-state index is 0.0112. The zero-order chi connectivity index (χ0) is 24.7. The lowest BCUT2D eigenvalue weighted by molar-refractivity contribution is -0.384. The van der Waals surface area contributed by atoms with Gasteiger partial charge in [0.1, 0.15) is 16.9 Å². The zero-order valence-electron chi connectivity index (χ0n) is 18.2. The first kappa shape index (κ1) is 25.7. The fourth-order valence-corrected chi connectivity index (χ4v) is 3.01. The number of hydrogen-bond donors (Lipinski definition) is 1. The highest BCUT2D eigenvalue weighted by Gasteiger charge is 2.28. The van der Waals surface area contributed by atoms with Gasteiger partial charge in [-0.15, -0.1) is 0 Å². The van der Waals surface area contributed by atoms with Crippen LogP contribution in [-0.4, -0.2) is 47.3 Å². The fourth-order valence-electron chi connectivity index (χ4n) is 2.82. The lowest BCUT2D eigenvalue weighted by atomic mass is 10.0. The van der Waals surface area contributed by atoms with Crippen molar-refractivity contribution in [2.24, 2.45) is 5.92 Å². The number of amides is 2. The lowest BCUT2D eigenvalue weighted by Crippen LogP contribution is -2.46. The molecule has 2 aromatic rings. The molecule has 0 spiro atoms. The number of nitro benzene ring substituents is 1. The van der Waals surface area contributed by atoms with Crippen LogP contribution >= 0.6 is 11.6 Å². The summed E-state index contributed by atoms with van der Waals surface area (Å²) in [5, 5.41) is 13.4. The van der Waals surface area contributed by atoms with Crippen molar-refractivity contribution in [1.82, 2.24) is 10.2 Å². The number of rotatable bonds is 9. The molecule has 0 saturated carbocycles. The van der Waals surface area contributed by atoms with E-state index in [1.54, 1.807) is 19.9 Å². The number of carbonyl (C=O) groups excluding carboxylic acids is 3. The van der Waals surface area contributed by atoms with E-state index in [4.69, 9.17) is 16.3 Å². The van der Waals surface area contributed by atoms with Crippen molar-refractivity contribution in [3.8, 4) is 0 Å². The van der Waals surface area contributed by atoms with Gasteiger partial charge >= 0.3 is 5.97 Å². The van der Waals surface area contributed by atoms with Crippen molar-refractivity contribution in [1.29, 1.82) is 0 Å². The topological polar surface area (TPSA) is 119 Å². The average Bonchev–Trinajstić information content (AvgIpc) is 2.76. The largest absolute Gasteiger partial charge is 0.454 e. The van der Waals surface area contributed by atoms with Crippen LogP contribution in [-0.2, 0) is 20.9 Å². The van der Waals surface area contributed by atoms with Crippen LogP contribution in [0, 0.1) is 21.8 Å². The van der Waals surface area contributed by atoms with Crippen LogP contribution in [0.15, 0.2) is 42.5 Å². The maximum absolute atomic E-state index is 13.8. The first-order chi connectivity index (χ1) is 15.5. The molecule has 33 heavy (non-hydrogen) atoms. The third-order valence-electron chi connectivity index (χ3n) is 4.74. The third kappa shape index (κ3) is 6.98. The van der Waals surface area contributed by atoms with Gasteiger partial charge in [-0.25, -0.2) is 9.18 Å². The predicted molar refractivity (Wildman–Crippen MR) is 118 cm³/mol. The fraction of sp³-hybridized carbons (Fsp3) is 0.318. The molecule has 0 aliphatic carbocycles. The normalized spacial score (nSPS) is 11.6. The molecule has 176 valence electrons. The van der Waals surface area contributed by atoms with Crippen molar-refractivity contribution in [3.05, 3.63) is 74.5 Å². The highest BCUT2D eigenvalue weighted by Crippen LogP contribution is 2.25. The van der Waals surface area contributed by atoms with E-state index in [0.29, 0.717) is 5.56 Å². The second kappa shape index (κ2) is 11.4. The Kier molecular flexibility index (Phi) is 8.86. The average molecular weight is 480 g/mol. The van der Waals surface area contributed by atoms with Gasteiger partial charge < -0.3 is 15.0 Å². The number of likely N-dealkylation sites (N-methyl/N-ethyl adjacent to an activating group) is 1. The summed E-state index contributed by atoms with van der Waals surface area (Å²) in [5.41, 5.74) is -0.203. The maximum Gasteiger partial charge on any atom is 0.329 e. The number of nitro groups is 1. The molecule has 0 unspecified atom stereocenters. The zero-order valence-corrected chi connectivity index (χ0v) is 19.0. The Morgan fingerprint density at radius 2 is 1.88 bits per heavy atom. The van der Waals surface area contributed by atoms with E-state index in [9.17, 15) is 28.9 Å². The Balaban J connectivity index is 2.00. The van der Waals surface area contributed by atoms with Crippen LogP contribution in [0.3, 0.4) is 0 Å². The molecular formula is C22H23ClFN3O6. The van der Waals surface area contributed by atoms with Gasteiger partial charge in [-0.1, -0.05) is 43.6 Å². The molecule has 2 aromatic carbocycles. The van der Waals surface area contributed by atoms with E-state index in [1.807, 2.05) is 0 Å². The van der Waals surface area contributed by atoms with Gasteiger partial charge in [-0.2, -0.15) is 0 Å². The molecule has 1 atom stereocenters. The molecular weight excluding hydrogens is 457 g/mol. The minimum Gasteiger partial charge on any atom is -0.454 e. The molecule has 1 N–H and O–H groups in total. The van der Waals surface area contributed by atoms with Crippen LogP contribution in [0.1, 0.15) is 29.8 Å². The monoisotopic (exact) mass is 479 g/mol. The van der Waals surface area contributed by atoms with Crippen molar-refractivity contribution in [2.75, 3.05) is 13.7 Å². The summed E-state index contributed by atoms with van der Waals surface area (Å²) in [7, 11) is 1.44. The van der Waals surface area contributed by atoms with Crippen LogP contribution in [0.5, 0.6) is 0 Å². The number of benzene rings is 2. The summed E-state index contributed by atoms with van der Waals surface area (Å²) in [6.45, 7) is 2.70. The molecule has 0 heterocycles. The Morgan fingerprint density at radius 3 is 2.48 bits per heavy atom. The number of hydrogen-bond acceptors (Lipinski definition) is 6. The van der Waals surface area contributed by atoms with Gasteiger partial charge in [0.05, 0.1) is 4.92 Å². The second-order valence-electron chi connectivity index (χ2n) is 7.57. The SMILES string of the molecule is CC(C)[C@H](NC(=O)c1ccc(Cl)c([N+](=O)[O-])c1)C(=O)OCC(=O)N(C)Cc1ccccc1F. The van der Waals surface area contributed by atoms with Gasteiger partial charge in [0.2, 0.25) is 0 Å². The molecule has 2 rings (SSSR count). The van der Waals surface area contributed by atoms with E-state index >= 15 is 0 Å². The number of halogens is 2. The van der Waals surface area contributed by atoms with Crippen LogP contribution in [0.2, 0.25) is 5.02 Å². The van der Waals surface area contributed by atoms with Crippen molar-refractivity contribution in [2.45, 2.75) is 26.4 Å². The van der Waals surface area contributed by atoms with Crippen molar-refractivity contribution in [3.63, 3.8) is 0 Å². The Hall–Kier alpha value is -3.53. The summed E-state index contributed by atoms with van der Waals surface area (Å²) in [6.07, 6.45) is 0. The van der Waals surface area contributed by atoms with Crippen LogP contribution in [0.25, 0.3) is 0 Å². The number of ether oxygens (including phenoxy) is 1. The number of esters is 1. The molecule has 0 aliphatic rings. The van der Waals surface area contributed by atoms with E-state index in [2.05, 4.69) is 5.32 Å². The standard InChI is InChI=1S/C22H23ClFN3O6/c1-13(2)20(25-21(29)14-8-9-16(23)18(10-14)27(31)32)22(30)33-12-19(28)26(3)11-15-6-4-5-7-17(15)24/h4-10,13,20H,11-12H2,1-3H3,(H,25,29)/t20-/m0/s1. The predicted octanol–water partition coefficient (Wildman–Crippen LogP) is 3.34. The first-order valence-corrected chi connectivity index (χ1v) is 10.3. The molecule has 0 aliphatic heterocycles. The maximum atomic E-state index is 13.8. The van der Waals surface area contributed by atoms with E-state index < -0.39 is 52.8 Å². The molecule has 0 bridgehead atoms. The van der Waals surface area contributed by atoms with Gasteiger partial charge in [-0.05, 0) is 24.1 Å². The number of carbonyl (C=O) groups is 3. The molecule has 0 radical (unpaired) electrons. The van der Waals surface area contributed by atoms with E-state index in [1.165, 1.54) is 42.3 Å². The lowest BCUT2D eigenvalue weighted by Gasteiger charge is -2.22. The number of nitrogens with zero attached hydrogens (tertiary/aromatic N) is 2. The second-order valence-corrected chi connectivity index (χ2v) is 7.97. The summed E-state index contributed by atoms with van der Waals surface area (Å²) in [6, 6.07) is 8.37. The van der Waals surface area contributed by atoms with Gasteiger partial charge in [0.25, 0.3) is 17.5 Å². The minimum atomic E-state index is -1.11. The summed E-state index contributed by atoms with van der Waals surface area (Å²) in [4.78, 5) is 48.9.